The van der Waals surface area contributed by atoms with Crippen molar-refractivity contribution in [1.29, 1.82) is 0 Å². The first-order chi connectivity index (χ1) is 9.70. The Kier molecular flexibility index (Phi) is 5.74. The Hall–Kier alpha value is -1.19. The number of hydrogen-bond acceptors (Lipinski definition) is 2. The van der Waals surface area contributed by atoms with Crippen molar-refractivity contribution in [2.24, 2.45) is 0 Å². The largest absolute Gasteiger partial charge is 0.310 e. The molecule has 1 unspecified atom stereocenters. The minimum Gasteiger partial charge on any atom is -0.310 e. The van der Waals surface area contributed by atoms with Crippen LogP contribution in [0.5, 0.6) is 0 Å². The summed E-state index contributed by atoms with van der Waals surface area (Å²) in [5.41, 5.74) is 3.81. The second kappa shape index (κ2) is 7.55. The lowest BCUT2D eigenvalue weighted by atomic mass is 9.97. The van der Waals surface area contributed by atoms with Crippen molar-refractivity contribution in [3.05, 3.63) is 63.9 Å². The molecule has 1 aromatic carbocycles. The zero-order chi connectivity index (χ0) is 14.4. The second-order valence-electron chi connectivity index (χ2n) is 5.04. The van der Waals surface area contributed by atoms with Crippen LogP contribution in [-0.4, -0.2) is 11.5 Å². The molecule has 2 rings (SSSR count). The number of hydrogen-bond donors (Lipinski definition) is 1. The summed E-state index contributed by atoms with van der Waals surface area (Å²) < 4.78 is 1.02. The third kappa shape index (κ3) is 4.15. The molecule has 2 aromatic rings. The molecule has 2 nitrogen and oxygen atoms in total. The highest BCUT2D eigenvalue weighted by Crippen LogP contribution is 2.21. The van der Waals surface area contributed by atoms with Gasteiger partial charge in [-0.1, -0.05) is 31.2 Å². The van der Waals surface area contributed by atoms with Crippen LogP contribution in [0.1, 0.15) is 36.2 Å². The molecule has 20 heavy (non-hydrogen) atoms. The van der Waals surface area contributed by atoms with Crippen molar-refractivity contribution in [2.45, 2.75) is 32.7 Å². The van der Waals surface area contributed by atoms with E-state index in [4.69, 9.17) is 0 Å². The Morgan fingerprint density at radius 3 is 2.65 bits per heavy atom. The average molecular weight is 333 g/mol. The smallest absolute Gasteiger partial charge is 0.0423 e. The topological polar surface area (TPSA) is 24.9 Å². The molecule has 106 valence electrons. The van der Waals surface area contributed by atoms with Gasteiger partial charge in [-0.25, -0.2) is 0 Å². The fourth-order valence-corrected chi connectivity index (χ4v) is 2.56. The van der Waals surface area contributed by atoms with Crippen LogP contribution in [0.4, 0.5) is 0 Å². The summed E-state index contributed by atoms with van der Waals surface area (Å²) in [5, 5.41) is 3.64. The molecule has 0 amide bonds. The zero-order valence-corrected chi connectivity index (χ0v) is 13.7. The van der Waals surface area contributed by atoms with Gasteiger partial charge in [-0.3, -0.25) is 4.98 Å². The first kappa shape index (κ1) is 15.2. The highest BCUT2D eigenvalue weighted by atomic mass is 79.9. The van der Waals surface area contributed by atoms with E-state index in [-0.39, 0.29) is 0 Å². The fourth-order valence-electron chi connectivity index (χ4n) is 2.32. The molecule has 1 heterocycles. The van der Waals surface area contributed by atoms with Gasteiger partial charge in [-0.2, -0.15) is 0 Å². The molecule has 0 bridgehead atoms. The summed E-state index contributed by atoms with van der Waals surface area (Å²) in [6.07, 6.45) is 3.92. The van der Waals surface area contributed by atoms with Crippen LogP contribution < -0.4 is 5.32 Å². The van der Waals surface area contributed by atoms with E-state index in [0.717, 1.165) is 29.6 Å². The van der Waals surface area contributed by atoms with Gasteiger partial charge in [-0.05, 0) is 59.1 Å². The molecule has 1 atom stereocenters. The standard InChI is InChI=1S/C17H21BrN2/c1-3-10-19-17(16-7-5-4-6-13(16)2)11-15-9-8-14(18)12-20-15/h4-9,12,17,19H,3,10-11H2,1-2H3. The molecule has 1 N–H and O–H groups in total. The van der Waals surface area contributed by atoms with Gasteiger partial charge in [0.25, 0.3) is 0 Å². The van der Waals surface area contributed by atoms with E-state index in [1.807, 2.05) is 6.20 Å². The van der Waals surface area contributed by atoms with Crippen molar-refractivity contribution in [3.63, 3.8) is 0 Å². The summed E-state index contributed by atoms with van der Waals surface area (Å²) in [5.74, 6) is 0. The quantitative estimate of drug-likeness (QED) is 0.846. The highest BCUT2D eigenvalue weighted by molar-refractivity contribution is 9.10. The maximum absolute atomic E-state index is 4.49. The monoisotopic (exact) mass is 332 g/mol. The maximum Gasteiger partial charge on any atom is 0.0423 e. The number of aryl methyl sites for hydroxylation is 1. The van der Waals surface area contributed by atoms with Gasteiger partial charge in [0.1, 0.15) is 0 Å². The van der Waals surface area contributed by atoms with E-state index >= 15 is 0 Å². The van der Waals surface area contributed by atoms with Gasteiger partial charge in [-0.15, -0.1) is 0 Å². The van der Waals surface area contributed by atoms with Crippen LogP contribution >= 0.6 is 15.9 Å². The lowest BCUT2D eigenvalue weighted by Crippen LogP contribution is -2.25. The molecule has 0 spiro atoms. The van der Waals surface area contributed by atoms with Gasteiger partial charge in [0.15, 0.2) is 0 Å². The normalized spacial score (nSPS) is 12.3. The van der Waals surface area contributed by atoms with Crippen LogP contribution in [0, 0.1) is 6.92 Å². The molecular formula is C17H21BrN2. The molecule has 0 aliphatic carbocycles. The Bertz CT molecular complexity index is 537. The molecular weight excluding hydrogens is 312 g/mol. The van der Waals surface area contributed by atoms with Crippen LogP contribution in [0.3, 0.4) is 0 Å². The zero-order valence-electron chi connectivity index (χ0n) is 12.1. The van der Waals surface area contributed by atoms with Crippen molar-refractivity contribution in [2.75, 3.05) is 6.54 Å². The highest BCUT2D eigenvalue weighted by Gasteiger charge is 2.14. The van der Waals surface area contributed by atoms with E-state index in [2.05, 4.69) is 76.5 Å². The second-order valence-corrected chi connectivity index (χ2v) is 5.95. The number of nitrogens with zero attached hydrogens (tertiary/aromatic N) is 1. The number of halogens is 1. The third-order valence-corrected chi connectivity index (χ3v) is 3.88. The number of aromatic nitrogens is 1. The summed E-state index contributed by atoms with van der Waals surface area (Å²) in [6, 6.07) is 13.0. The third-order valence-electron chi connectivity index (χ3n) is 3.41. The summed E-state index contributed by atoms with van der Waals surface area (Å²) in [6.45, 7) is 5.39. The Morgan fingerprint density at radius 2 is 2.00 bits per heavy atom. The van der Waals surface area contributed by atoms with Crippen LogP contribution in [0.25, 0.3) is 0 Å². The molecule has 0 saturated carbocycles. The molecule has 0 aliphatic rings. The molecule has 0 fully saturated rings. The SMILES string of the molecule is CCCNC(Cc1ccc(Br)cn1)c1ccccc1C. The van der Waals surface area contributed by atoms with Crippen molar-refractivity contribution >= 4 is 15.9 Å². The van der Waals surface area contributed by atoms with Crippen molar-refractivity contribution in [1.82, 2.24) is 10.3 Å². The molecule has 3 heteroatoms. The van der Waals surface area contributed by atoms with Crippen LogP contribution in [-0.2, 0) is 6.42 Å². The Balaban J connectivity index is 2.19. The predicted octanol–water partition coefficient (Wildman–Crippen LogP) is 4.44. The molecule has 1 aromatic heterocycles. The van der Waals surface area contributed by atoms with Gasteiger partial charge < -0.3 is 5.32 Å². The number of benzene rings is 1. The van der Waals surface area contributed by atoms with Crippen molar-refractivity contribution in [3.8, 4) is 0 Å². The van der Waals surface area contributed by atoms with E-state index in [0.29, 0.717) is 6.04 Å². The lowest BCUT2D eigenvalue weighted by molar-refractivity contribution is 0.522. The summed E-state index contributed by atoms with van der Waals surface area (Å²) in [4.78, 5) is 4.49. The van der Waals surface area contributed by atoms with E-state index in [1.54, 1.807) is 0 Å². The van der Waals surface area contributed by atoms with Gasteiger partial charge >= 0.3 is 0 Å². The summed E-state index contributed by atoms with van der Waals surface area (Å²) in [7, 11) is 0. The minimum atomic E-state index is 0.324. The number of rotatable bonds is 6. The van der Waals surface area contributed by atoms with Gasteiger partial charge in [0.05, 0.1) is 0 Å². The van der Waals surface area contributed by atoms with E-state index in [9.17, 15) is 0 Å². The van der Waals surface area contributed by atoms with E-state index in [1.165, 1.54) is 11.1 Å². The fraction of sp³-hybridized carbons (Fsp3) is 0.353. The molecule has 0 saturated heterocycles. The van der Waals surface area contributed by atoms with Gasteiger partial charge in [0, 0.05) is 28.8 Å². The van der Waals surface area contributed by atoms with Crippen LogP contribution in [0.15, 0.2) is 47.1 Å². The maximum atomic E-state index is 4.49. The Morgan fingerprint density at radius 1 is 1.20 bits per heavy atom. The summed E-state index contributed by atoms with van der Waals surface area (Å²) >= 11 is 3.43. The first-order valence-electron chi connectivity index (χ1n) is 7.10. The Labute approximate surface area is 129 Å². The van der Waals surface area contributed by atoms with E-state index < -0.39 is 0 Å². The predicted molar refractivity (Wildman–Crippen MR) is 87.9 cm³/mol. The number of nitrogens with one attached hydrogen (secondary N) is 1. The first-order valence-corrected chi connectivity index (χ1v) is 7.89. The molecule has 0 aliphatic heterocycles. The number of pyridine rings is 1. The average Bonchev–Trinajstić information content (AvgIpc) is 2.46. The molecule has 0 radical (unpaired) electrons. The minimum absolute atomic E-state index is 0.324. The van der Waals surface area contributed by atoms with Gasteiger partial charge in [0.2, 0.25) is 0 Å². The lowest BCUT2D eigenvalue weighted by Gasteiger charge is -2.20. The van der Waals surface area contributed by atoms with Crippen LogP contribution in [0.2, 0.25) is 0 Å². The van der Waals surface area contributed by atoms with Crippen molar-refractivity contribution < 1.29 is 0 Å².